The Labute approximate surface area is 70.8 Å². The van der Waals surface area contributed by atoms with Crippen LogP contribution in [0.15, 0.2) is 0 Å². The fourth-order valence-corrected chi connectivity index (χ4v) is 0.996. The molecule has 0 saturated heterocycles. The van der Waals surface area contributed by atoms with Gasteiger partial charge in [0.2, 0.25) is 0 Å². The third kappa shape index (κ3) is 2.80. The summed E-state index contributed by atoms with van der Waals surface area (Å²) in [7, 11) is 4.16. The van der Waals surface area contributed by atoms with Crippen LogP contribution in [0, 0.1) is 0 Å². The van der Waals surface area contributed by atoms with Crippen LogP contribution in [0.5, 0.6) is 0 Å². The summed E-state index contributed by atoms with van der Waals surface area (Å²) in [5.74, 6) is 0. The van der Waals surface area contributed by atoms with Gasteiger partial charge in [0, 0.05) is 11.6 Å². The number of likely N-dealkylation sites (N-methyl/N-ethyl adjacent to an activating group) is 1. The molecular weight excluding hydrogens is 136 g/mol. The van der Waals surface area contributed by atoms with Gasteiger partial charge in [-0.2, -0.15) is 0 Å². The predicted molar refractivity (Wildman–Crippen MR) is 50.6 cm³/mol. The summed E-state index contributed by atoms with van der Waals surface area (Å²) in [4.78, 5) is 2.19. The van der Waals surface area contributed by atoms with E-state index in [4.69, 9.17) is 5.73 Å². The van der Waals surface area contributed by atoms with Gasteiger partial charge in [0.25, 0.3) is 0 Å². The molecule has 68 valence electrons. The largest absolute Gasteiger partial charge is 0.326 e. The Balaban J connectivity index is 4.05. The second-order valence-electron chi connectivity index (χ2n) is 3.94. The normalized spacial score (nSPS) is 15.5. The summed E-state index contributed by atoms with van der Waals surface area (Å²) >= 11 is 0. The highest BCUT2D eigenvalue weighted by Gasteiger charge is 2.27. The number of hydrogen-bond donors (Lipinski definition) is 1. The molecular formula is C9H22N2. The molecule has 0 saturated carbocycles. The van der Waals surface area contributed by atoms with Gasteiger partial charge >= 0.3 is 0 Å². The van der Waals surface area contributed by atoms with E-state index in [0.717, 1.165) is 6.42 Å². The first kappa shape index (κ1) is 10.9. The lowest BCUT2D eigenvalue weighted by atomic mass is 9.91. The minimum Gasteiger partial charge on any atom is -0.326 e. The fourth-order valence-electron chi connectivity index (χ4n) is 0.996. The maximum atomic E-state index is 6.02. The average molecular weight is 158 g/mol. The summed E-state index contributed by atoms with van der Waals surface area (Å²) in [6, 6.07) is 0.280. The highest BCUT2D eigenvalue weighted by molar-refractivity contribution is 4.88. The van der Waals surface area contributed by atoms with Gasteiger partial charge in [0.05, 0.1) is 0 Å². The topological polar surface area (TPSA) is 29.3 Å². The number of nitrogens with two attached hydrogens (primary N) is 1. The molecule has 0 aliphatic rings. The Morgan fingerprint density at radius 1 is 1.36 bits per heavy atom. The Morgan fingerprint density at radius 3 is 2.09 bits per heavy atom. The molecule has 11 heavy (non-hydrogen) atoms. The van der Waals surface area contributed by atoms with Crippen molar-refractivity contribution in [2.75, 3.05) is 14.1 Å². The van der Waals surface area contributed by atoms with Crippen LogP contribution in [0.4, 0.5) is 0 Å². The van der Waals surface area contributed by atoms with Crippen LogP contribution in [0.2, 0.25) is 0 Å². The zero-order chi connectivity index (χ0) is 9.07. The van der Waals surface area contributed by atoms with Crippen molar-refractivity contribution in [2.24, 2.45) is 5.73 Å². The predicted octanol–water partition coefficient (Wildman–Crippen LogP) is 1.45. The molecule has 0 rings (SSSR count). The molecule has 0 fully saturated rings. The lowest BCUT2D eigenvalue weighted by Gasteiger charge is -2.38. The molecule has 0 amide bonds. The molecule has 0 bridgehead atoms. The molecule has 0 radical (unpaired) electrons. The van der Waals surface area contributed by atoms with Crippen LogP contribution >= 0.6 is 0 Å². The molecule has 2 heteroatoms. The molecule has 0 heterocycles. The van der Waals surface area contributed by atoms with Crippen LogP contribution in [0.25, 0.3) is 0 Å². The summed E-state index contributed by atoms with van der Waals surface area (Å²) in [5.41, 5.74) is 6.14. The van der Waals surface area contributed by atoms with Crippen molar-refractivity contribution in [1.82, 2.24) is 4.90 Å². The van der Waals surface area contributed by atoms with E-state index in [9.17, 15) is 0 Å². The zero-order valence-corrected chi connectivity index (χ0v) is 8.52. The van der Waals surface area contributed by atoms with E-state index in [1.165, 1.54) is 6.42 Å². The number of hydrogen-bond acceptors (Lipinski definition) is 2. The molecule has 1 atom stereocenters. The van der Waals surface area contributed by atoms with Crippen molar-refractivity contribution in [2.45, 2.75) is 45.2 Å². The minimum atomic E-state index is 0.121. The lowest BCUT2D eigenvalue weighted by Crippen LogP contribution is -2.52. The fraction of sp³-hybridized carbons (Fsp3) is 1.00. The van der Waals surface area contributed by atoms with Gasteiger partial charge in [-0.1, -0.05) is 13.3 Å². The van der Waals surface area contributed by atoms with Gasteiger partial charge in [-0.15, -0.1) is 0 Å². The smallest absolute Gasteiger partial charge is 0.0298 e. The molecule has 0 spiro atoms. The Morgan fingerprint density at radius 2 is 1.82 bits per heavy atom. The van der Waals surface area contributed by atoms with Crippen molar-refractivity contribution in [3.8, 4) is 0 Å². The first-order valence-electron chi connectivity index (χ1n) is 4.36. The minimum absolute atomic E-state index is 0.121. The molecule has 0 unspecified atom stereocenters. The summed E-state index contributed by atoms with van der Waals surface area (Å²) in [6.07, 6.45) is 2.27. The molecule has 0 aliphatic heterocycles. The summed E-state index contributed by atoms with van der Waals surface area (Å²) in [5, 5.41) is 0. The maximum absolute atomic E-state index is 6.02. The van der Waals surface area contributed by atoms with Crippen LogP contribution in [-0.4, -0.2) is 30.6 Å². The van der Waals surface area contributed by atoms with Gasteiger partial charge in [0.1, 0.15) is 0 Å². The summed E-state index contributed by atoms with van der Waals surface area (Å²) < 4.78 is 0. The molecule has 2 N–H and O–H groups in total. The van der Waals surface area contributed by atoms with E-state index in [2.05, 4.69) is 39.8 Å². The quantitative estimate of drug-likeness (QED) is 0.671. The highest BCUT2D eigenvalue weighted by atomic mass is 15.2. The number of nitrogens with zero attached hydrogens (tertiary/aromatic N) is 1. The van der Waals surface area contributed by atoms with E-state index < -0.39 is 0 Å². The van der Waals surface area contributed by atoms with E-state index >= 15 is 0 Å². The molecule has 0 aliphatic carbocycles. The molecule has 0 aromatic rings. The molecule has 2 nitrogen and oxygen atoms in total. The van der Waals surface area contributed by atoms with Crippen LogP contribution in [-0.2, 0) is 0 Å². The van der Waals surface area contributed by atoms with Gasteiger partial charge in [-0.05, 0) is 34.4 Å². The zero-order valence-electron chi connectivity index (χ0n) is 8.52. The van der Waals surface area contributed by atoms with Crippen LogP contribution in [0.3, 0.4) is 0 Å². The van der Waals surface area contributed by atoms with Crippen LogP contribution in [0.1, 0.15) is 33.6 Å². The standard InChI is InChI=1S/C9H22N2/c1-6-7-8(10)9(2,3)11(4)5/h8H,6-7,10H2,1-5H3/t8-/m1/s1. The monoisotopic (exact) mass is 158 g/mol. The van der Waals surface area contributed by atoms with Crippen molar-refractivity contribution in [3.05, 3.63) is 0 Å². The maximum Gasteiger partial charge on any atom is 0.0298 e. The molecule has 0 aromatic heterocycles. The van der Waals surface area contributed by atoms with Crippen molar-refractivity contribution in [3.63, 3.8) is 0 Å². The Hall–Kier alpha value is -0.0800. The first-order valence-corrected chi connectivity index (χ1v) is 4.36. The highest BCUT2D eigenvalue weighted by Crippen LogP contribution is 2.17. The van der Waals surface area contributed by atoms with Gasteiger partial charge in [-0.25, -0.2) is 0 Å². The Bertz CT molecular complexity index is 108. The van der Waals surface area contributed by atoms with Crippen molar-refractivity contribution in [1.29, 1.82) is 0 Å². The van der Waals surface area contributed by atoms with Crippen molar-refractivity contribution < 1.29 is 0 Å². The lowest BCUT2D eigenvalue weighted by molar-refractivity contribution is 0.153. The van der Waals surface area contributed by atoms with Crippen molar-refractivity contribution >= 4 is 0 Å². The van der Waals surface area contributed by atoms with E-state index in [1.54, 1.807) is 0 Å². The third-order valence-corrected chi connectivity index (χ3v) is 2.66. The van der Waals surface area contributed by atoms with Gasteiger partial charge in [0.15, 0.2) is 0 Å². The van der Waals surface area contributed by atoms with Crippen LogP contribution < -0.4 is 5.73 Å². The second-order valence-corrected chi connectivity index (χ2v) is 3.94. The van der Waals surface area contributed by atoms with Gasteiger partial charge < -0.3 is 10.6 Å². The summed E-state index contributed by atoms with van der Waals surface area (Å²) in [6.45, 7) is 6.55. The Kier molecular flexibility index (Phi) is 4.04. The van der Waals surface area contributed by atoms with E-state index in [0.29, 0.717) is 0 Å². The second kappa shape index (κ2) is 4.07. The first-order chi connectivity index (χ1) is 4.92. The van der Waals surface area contributed by atoms with E-state index in [1.807, 2.05) is 0 Å². The third-order valence-electron chi connectivity index (χ3n) is 2.66. The SMILES string of the molecule is CCC[C@@H](N)C(C)(C)N(C)C. The number of rotatable bonds is 4. The van der Waals surface area contributed by atoms with E-state index in [-0.39, 0.29) is 11.6 Å². The van der Waals surface area contributed by atoms with Gasteiger partial charge in [-0.3, -0.25) is 0 Å². The average Bonchev–Trinajstić information content (AvgIpc) is 1.88. The molecule has 0 aromatic carbocycles.